The number of pyridine rings is 1. The quantitative estimate of drug-likeness (QED) is 0.862. The highest BCUT2D eigenvalue weighted by Crippen LogP contribution is 2.12. The SMILES string of the molecule is NC(=O)[C@@H](Cc1ccc(Br)cc1)NC(=O)c1cccnc1. The molecule has 2 amide bonds. The van der Waals surface area contributed by atoms with E-state index in [0.29, 0.717) is 12.0 Å². The summed E-state index contributed by atoms with van der Waals surface area (Å²) in [7, 11) is 0. The molecule has 0 bridgehead atoms. The van der Waals surface area contributed by atoms with Crippen LogP contribution in [0.3, 0.4) is 0 Å². The number of nitrogens with two attached hydrogens (primary N) is 1. The molecule has 0 saturated carbocycles. The van der Waals surface area contributed by atoms with Crippen LogP contribution in [-0.2, 0) is 11.2 Å². The maximum atomic E-state index is 12.0. The Labute approximate surface area is 130 Å². The fourth-order valence-corrected chi connectivity index (χ4v) is 2.08. The minimum atomic E-state index is -0.765. The normalized spacial score (nSPS) is 11.7. The van der Waals surface area contributed by atoms with E-state index in [9.17, 15) is 9.59 Å². The predicted molar refractivity (Wildman–Crippen MR) is 82.5 cm³/mol. The van der Waals surface area contributed by atoms with E-state index in [1.807, 2.05) is 24.3 Å². The van der Waals surface area contributed by atoms with Crippen molar-refractivity contribution in [2.24, 2.45) is 5.73 Å². The van der Waals surface area contributed by atoms with E-state index in [4.69, 9.17) is 5.73 Å². The minimum Gasteiger partial charge on any atom is -0.368 e. The van der Waals surface area contributed by atoms with Gasteiger partial charge < -0.3 is 11.1 Å². The summed E-state index contributed by atoms with van der Waals surface area (Å²) in [6, 6.07) is 10.0. The van der Waals surface area contributed by atoms with Crippen molar-refractivity contribution >= 4 is 27.7 Å². The third-order valence-corrected chi connectivity index (χ3v) is 3.45. The van der Waals surface area contributed by atoms with Crippen molar-refractivity contribution < 1.29 is 9.59 Å². The predicted octanol–water partition coefficient (Wildman–Crippen LogP) is 1.67. The van der Waals surface area contributed by atoms with E-state index in [0.717, 1.165) is 10.0 Å². The molecule has 0 aliphatic heterocycles. The van der Waals surface area contributed by atoms with Crippen LogP contribution >= 0.6 is 15.9 Å². The molecule has 108 valence electrons. The summed E-state index contributed by atoms with van der Waals surface area (Å²) in [5.74, 6) is -0.945. The van der Waals surface area contributed by atoms with Crippen molar-refractivity contribution in [1.82, 2.24) is 10.3 Å². The monoisotopic (exact) mass is 347 g/mol. The third kappa shape index (κ3) is 4.39. The largest absolute Gasteiger partial charge is 0.368 e. The number of amides is 2. The molecule has 0 aliphatic carbocycles. The molecule has 3 N–H and O–H groups in total. The number of hydrogen-bond acceptors (Lipinski definition) is 3. The van der Waals surface area contributed by atoms with E-state index in [1.54, 1.807) is 18.3 Å². The molecule has 0 aliphatic rings. The Hall–Kier alpha value is -2.21. The number of aromatic nitrogens is 1. The summed E-state index contributed by atoms with van der Waals surface area (Å²) >= 11 is 3.34. The lowest BCUT2D eigenvalue weighted by molar-refractivity contribution is -0.119. The molecule has 2 rings (SSSR count). The molecule has 0 saturated heterocycles. The number of halogens is 1. The number of hydrogen-bond donors (Lipinski definition) is 2. The van der Waals surface area contributed by atoms with Crippen LogP contribution in [0.5, 0.6) is 0 Å². The van der Waals surface area contributed by atoms with Gasteiger partial charge in [-0.1, -0.05) is 28.1 Å². The Bertz CT molecular complexity index is 629. The van der Waals surface area contributed by atoms with Gasteiger partial charge >= 0.3 is 0 Å². The molecule has 1 heterocycles. The number of primary amides is 1. The van der Waals surface area contributed by atoms with Crippen molar-refractivity contribution in [2.45, 2.75) is 12.5 Å². The number of nitrogens with one attached hydrogen (secondary N) is 1. The van der Waals surface area contributed by atoms with Crippen LogP contribution in [0.2, 0.25) is 0 Å². The molecule has 2 aromatic rings. The van der Waals surface area contributed by atoms with Gasteiger partial charge in [0.25, 0.3) is 5.91 Å². The first-order valence-corrected chi connectivity index (χ1v) is 7.10. The van der Waals surface area contributed by atoms with Gasteiger partial charge in [0, 0.05) is 23.3 Å². The van der Waals surface area contributed by atoms with E-state index < -0.39 is 11.9 Å². The maximum Gasteiger partial charge on any atom is 0.253 e. The Morgan fingerprint density at radius 3 is 2.52 bits per heavy atom. The van der Waals surface area contributed by atoms with Gasteiger partial charge in [-0.05, 0) is 29.8 Å². The van der Waals surface area contributed by atoms with E-state index >= 15 is 0 Å². The van der Waals surface area contributed by atoms with Gasteiger partial charge in [0.2, 0.25) is 5.91 Å². The number of nitrogens with zero attached hydrogens (tertiary/aromatic N) is 1. The zero-order valence-electron chi connectivity index (χ0n) is 11.1. The second-order valence-corrected chi connectivity index (χ2v) is 5.42. The van der Waals surface area contributed by atoms with Gasteiger partial charge in [-0.3, -0.25) is 14.6 Å². The Morgan fingerprint density at radius 1 is 1.24 bits per heavy atom. The summed E-state index contributed by atoms with van der Waals surface area (Å²) in [4.78, 5) is 27.4. The second-order valence-electron chi connectivity index (χ2n) is 4.50. The number of carbonyl (C=O) groups excluding carboxylic acids is 2. The number of carbonyl (C=O) groups is 2. The Balaban J connectivity index is 2.07. The topological polar surface area (TPSA) is 85.1 Å². The van der Waals surface area contributed by atoms with Crippen LogP contribution in [0.15, 0.2) is 53.3 Å². The molecule has 0 fully saturated rings. The first-order valence-electron chi connectivity index (χ1n) is 6.31. The first kappa shape index (κ1) is 15.2. The fourth-order valence-electron chi connectivity index (χ4n) is 1.82. The molecule has 0 spiro atoms. The van der Waals surface area contributed by atoms with Crippen LogP contribution in [-0.4, -0.2) is 22.8 Å². The van der Waals surface area contributed by atoms with E-state index in [-0.39, 0.29) is 5.91 Å². The second kappa shape index (κ2) is 6.99. The summed E-state index contributed by atoms with van der Waals surface area (Å²) < 4.78 is 0.946. The van der Waals surface area contributed by atoms with Crippen molar-refractivity contribution in [3.05, 3.63) is 64.4 Å². The number of benzene rings is 1. The average molecular weight is 348 g/mol. The highest BCUT2D eigenvalue weighted by Gasteiger charge is 2.19. The lowest BCUT2D eigenvalue weighted by atomic mass is 10.1. The van der Waals surface area contributed by atoms with Crippen LogP contribution in [0.1, 0.15) is 15.9 Å². The summed E-state index contributed by atoms with van der Waals surface area (Å²) in [5.41, 5.74) is 6.66. The van der Waals surface area contributed by atoms with Crippen LogP contribution in [0.4, 0.5) is 0 Å². The van der Waals surface area contributed by atoms with Crippen molar-refractivity contribution in [3.8, 4) is 0 Å². The zero-order chi connectivity index (χ0) is 15.2. The molecule has 1 atom stereocenters. The highest BCUT2D eigenvalue weighted by molar-refractivity contribution is 9.10. The summed E-state index contributed by atoms with van der Waals surface area (Å²) in [6.07, 6.45) is 3.35. The first-order chi connectivity index (χ1) is 10.1. The van der Waals surface area contributed by atoms with Gasteiger partial charge in [-0.25, -0.2) is 0 Å². The smallest absolute Gasteiger partial charge is 0.253 e. The standard InChI is InChI=1S/C15H14BrN3O2/c16-12-5-3-10(4-6-12)8-13(14(17)20)19-15(21)11-2-1-7-18-9-11/h1-7,9,13H,8H2,(H2,17,20)(H,19,21)/t13-/m1/s1. The minimum absolute atomic E-state index is 0.342. The lowest BCUT2D eigenvalue weighted by Gasteiger charge is -2.15. The Morgan fingerprint density at radius 2 is 1.95 bits per heavy atom. The molecule has 5 nitrogen and oxygen atoms in total. The summed E-state index contributed by atoms with van der Waals surface area (Å²) in [6.45, 7) is 0. The molecular formula is C15H14BrN3O2. The van der Waals surface area contributed by atoms with Crippen LogP contribution < -0.4 is 11.1 Å². The highest BCUT2D eigenvalue weighted by atomic mass is 79.9. The molecule has 6 heteroatoms. The van der Waals surface area contributed by atoms with Gasteiger partial charge in [-0.2, -0.15) is 0 Å². The molecule has 0 radical (unpaired) electrons. The lowest BCUT2D eigenvalue weighted by Crippen LogP contribution is -2.45. The van der Waals surface area contributed by atoms with Crippen LogP contribution in [0, 0.1) is 0 Å². The molecule has 0 unspecified atom stereocenters. The van der Waals surface area contributed by atoms with Gasteiger partial charge in [0.05, 0.1) is 5.56 Å². The van der Waals surface area contributed by atoms with Crippen molar-refractivity contribution in [3.63, 3.8) is 0 Å². The van der Waals surface area contributed by atoms with Crippen molar-refractivity contribution in [1.29, 1.82) is 0 Å². The van der Waals surface area contributed by atoms with Crippen molar-refractivity contribution in [2.75, 3.05) is 0 Å². The molecule has 21 heavy (non-hydrogen) atoms. The van der Waals surface area contributed by atoms with Gasteiger partial charge in [-0.15, -0.1) is 0 Å². The average Bonchev–Trinajstić information content (AvgIpc) is 2.49. The Kier molecular flexibility index (Phi) is 5.05. The van der Waals surface area contributed by atoms with Gasteiger partial charge in [0.1, 0.15) is 6.04 Å². The fraction of sp³-hybridized carbons (Fsp3) is 0.133. The maximum absolute atomic E-state index is 12.0. The summed E-state index contributed by atoms with van der Waals surface area (Å²) in [5, 5.41) is 2.63. The van der Waals surface area contributed by atoms with E-state index in [1.165, 1.54) is 6.20 Å². The van der Waals surface area contributed by atoms with Crippen LogP contribution in [0.25, 0.3) is 0 Å². The molecular weight excluding hydrogens is 334 g/mol. The zero-order valence-corrected chi connectivity index (χ0v) is 12.7. The molecule has 1 aromatic carbocycles. The molecule has 1 aromatic heterocycles. The third-order valence-electron chi connectivity index (χ3n) is 2.93. The number of rotatable bonds is 5. The van der Waals surface area contributed by atoms with Gasteiger partial charge in [0.15, 0.2) is 0 Å². The van der Waals surface area contributed by atoms with E-state index in [2.05, 4.69) is 26.2 Å².